The molecule has 1 aliphatic rings. The molecule has 4 aromatic rings. The van der Waals surface area contributed by atoms with Crippen LogP contribution in [0, 0.1) is 5.92 Å². The zero-order valence-electron chi connectivity index (χ0n) is 21.6. The van der Waals surface area contributed by atoms with Gasteiger partial charge in [0, 0.05) is 42.6 Å². The SMILES string of the molecule is CC(C)CCNc1ccncc1NC(=O)c1n[nH]c2ccc(-c3cncc(CN4CCCCC4)c3)cc12. The number of H-pyrrole nitrogens is 1. The number of nitrogens with zero attached hydrogens (tertiary/aromatic N) is 4. The van der Waals surface area contributed by atoms with Crippen molar-refractivity contribution in [2.24, 2.45) is 5.92 Å². The summed E-state index contributed by atoms with van der Waals surface area (Å²) in [5.41, 5.74) is 5.90. The molecule has 0 saturated carbocycles. The quantitative estimate of drug-likeness (QED) is 0.274. The minimum atomic E-state index is -0.278. The Morgan fingerprint density at radius 1 is 1.00 bits per heavy atom. The number of piperidine rings is 1. The van der Waals surface area contributed by atoms with E-state index in [-0.39, 0.29) is 5.91 Å². The largest absolute Gasteiger partial charge is 0.383 e. The van der Waals surface area contributed by atoms with Gasteiger partial charge >= 0.3 is 0 Å². The van der Waals surface area contributed by atoms with E-state index in [1.54, 1.807) is 12.4 Å². The third-order valence-corrected chi connectivity index (χ3v) is 6.87. The molecule has 1 amide bonds. The van der Waals surface area contributed by atoms with E-state index in [0.717, 1.165) is 60.3 Å². The van der Waals surface area contributed by atoms with Crippen LogP contribution in [-0.2, 0) is 6.54 Å². The number of amides is 1. The lowest BCUT2D eigenvalue weighted by Gasteiger charge is -2.26. The Morgan fingerprint density at radius 2 is 1.86 bits per heavy atom. The molecule has 0 atom stereocenters. The fourth-order valence-corrected chi connectivity index (χ4v) is 4.80. The van der Waals surface area contributed by atoms with Crippen molar-refractivity contribution in [1.29, 1.82) is 0 Å². The minimum absolute atomic E-state index is 0.278. The third-order valence-electron chi connectivity index (χ3n) is 6.87. The molecule has 5 rings (SSSR count). The fraction of sp³-hybridized carbons (Fsp3) is 0.379. The van der Waals surface area contributed by atoms with Gasteiger partial charge in [0.25, 0.3) is 5.91 Å². The van der Waals surface area contributed by atoms with E-state index < -0.39 is 0 Å². The Hall–Kier alpha value is -3.78. The summed E-state index contributed by atoms with van der Waals surface area (Å²) in [6, 6.07) is 10.1. The van der Waals surface area contributed by atoms with Gasteiger partial charge in [-0.15, -0.1) is 0 Å². The average Bonchev–Trinajstić information content (AvgIpc) is 3.34. The maximum absolute atomic E-state index is 13.3. The Kier molecular flexibility index (Phi) is 7.75. The molecular weight excluding hydrogens is 462 g/mol. The normalized spacial score (nSPS) is 14.2. The summed E-state index contributed by atoms with van der Waals surface area (Å²) in [7, 11) is 0. The van der Waals surface area contributed by atoms with Crippen molar-refractivity contribution in [3.8, 4) is 11.1 Å². The van der Waals surface area contributed by atoms with Crippen LogP contribution >= 0.6 is 0 Å². The van der Waals surface area contributed by atoms with Crippen LogP contribution in [-0.4, -0.2) is 50.6 Å². The molecule has 1 aliphatic heterocycles. The standard InChI is InChI=1S/C29H35N7O/c1-20(2)8-11-32-26-9-10-30-18-27(26)33-29(37)28-24-15-22(6-7-25(24)34-35-28)23-14-21(16-31-17-23)19-36-12-4-3-5-13-36/h6-7,9-10,14-18,20H,3-5,8,11-13,19H2,1-2H3,(H,30,32)(H,33,37)(H,34,35). The van der Waals surface area contributed by atoms with Crippen molar-refractivity contribution < 1.29 is 4.79 Å². The number of likely N-dealkylation sites (tertiary alicyclic amines) is 1. The number of pyridine rings is 2. The molecule has 3 N–H and O–H groups in total. The molecule has 8 heteroatoms. The second kappa shape index (κ2) is 11.5. The van der Waals surface area contributed by atoms with Crippen LogP contribution in [0.2, 0.25) is 0 Å². The van der Waals surface area contributed by atoms with Gasteiger partial charge in [-0.3, -0.25) is 24.8 Å². The van der Waals surface area contributed by atoms with Gasteiger partial charge in [0.05, 0.1) is 23.1 Å². The first kappa shape index (κ1) is 24.9. The molecular formula is C29H35N7O. The Morgan fingerprint density at radius 3 is 2.70 bits per heavy atom. The first-order valence-electron chi connectivity index (χ1n) is 13.2. The number of carbonyl (C=O) groups is 1. The molecule has 0 aliphatic carbocycles. The number of fused-ring (bicyclic) bond motifs is 1. The molecule has 0 radical (unpaired) electrons. The van der Waals surface area contributed by atoms with Crippen LogP contribution in [0.4, 0.5) is 11.4 Å². The number of hydrogen-bond acceptors (Lipinski definition) is 6. The maximum atomic E-state index is 13.3. The van der Waals surface area contributed by atoms with Gasteiger partial charge in [-0.2, -0.15) is 5.10 Å². The number of rotatable bonds is 9. The van der Waals surface area contributed by atoms with Crippen LogP contribution in [0.25, 0.3) is 22.0 Å². The summed E-state index contributed by atoms with van der Waals surface area (Å²) in [5.74, 6) is 0.318. The molecule has 37 heavy (non-hydrogen) atoms. The first-order chi connectivity index (χ1) is 18.1. The predicted octanol–water partition coefficient (Wildman–Crippen LogP) is 5.72. The van der Waals surface area contributed by atoms with Crippen molar-refractivity contribution in [3.05, 3.63) is 66.4 Å². The smallest absolute Gasteiger partial charge is 0.276 e. The number of aromatic nitrogens is 4. The first-order valence-corrected chi connectivity index (χ1v) is 13.2. The molecule has 0 bridgehead atoms. The van der Waals surface area contributed by atoms with Gasteiger partial charge in [-0.1, -0.05) is 26.3 Å². The summed E-state index contributed by atoms with van der Waals surface area (Å²) in [6.07, 6.45) is 12.1. The predicted molar refractivity (Wildman–Crippen MR) is 149 cm³/mol. The molecule has 4 heterocycles. The maximum Gasteiger partial charge on any atom is 0.276 e. The van der Waals surface area contributed by atoms with Gasteiger partial charge in [-0.05, 0) is 73.7 Å². The van der Waals surface area contributed by atoms with Gasteiger partial charge in [-0.25, -0.2) is 0 Å². The van der Waals surface area contributed by atoms with E-state index in [9.17, 15) is 4.79 Å². The molecule has 192 valence electrons. The van der Waals surface area contributed by atoms with E-state index in [4.69, 9.17) is 0 Å². The molecule has 1 fully saturated rings. The molecule has 3 aromatic heterocycles. The Balaban J connectivity index is 1.35. The van der Waals surface area contributed by atoms with Crippen LogP contribution < -0.4 is 10.6 Å². The van der Waals surface area contributed by atoms with Gasteiger partial charge in [0.1, 0.15) is 0 Å². The van der Waals surface area contributed by atoms with Gasteiger partial charge in [0.2, 0.25) is 0 Å². The lowest BCUT2D eigenvalue weighted by molar-refractivity contribution is 0.102. The minimum Gasteiger partial charge on any atom is -0.383 e. The van der Waals surface area contributed by atoms with Gasteiger partial charge in [0.15, 0.2) is 5.69 Å². The van der Waals surface area contributed by atoms with E-state index in [0.29, 0.717) is 17.3 Å². The van der Waals surface area contributed by atoms with Gasteiger partial charge < -0.3 is 10.6 Å². The zero-order chi connectivity index (χ0) is 25.6. The second-order valence-electron chi connectivity index (χ2n) is 10.2. The van der Waals surface area contributed by atoms with Crippen molar-refractivity contribution in [2.75, 3.05) is 30.3 Å². The summed E-state index contributed by atoms with van der Waals surface area (Å²) in [4.78, 5) is 24.5. The topological polar surface area (TPSA) is 98.8 Å². The van der Waals surface area contributed by atoms with Crippen LogP contribution in [0.3, 0.4) is 0 Å². The highest BCUT2D eigenvalue weighted by molar-refractivity contribution is 6.12. The fourth-order valence-electron chi connectivity index (χ4n) is 4.80. The van der Waals surface area contributed by atoms with E-state index in [1.807, 2.05) is 36.7 Å². The number of benzene rings is 1. The molecule has 1 aromatic carbocycles. The lowest BCUT2D eigenvalue weighted by Crippen LogP contribution is -2.29. The number of aromatic amines is 1. The van der Waals surface area contributed by atoms with Crippen molar-refractivity contribution in [2.45, 2.75) is 46.1 Å². The van der Waals surface area contributed by atoms with Crippen LogP contribution in [0.1, 0.15) is 55.6 Å². The van der Waals surface area contributed by atoms with E-state index in [2.05, 4.69) is 55.6 Å². The highest BCUT2D eigenvalue weighted by Gasteiger charge is 2.17. The average molecular weight is 498 g/mol. The van der Waals surface area contributed by atoms with E-state index in [1.165, 1.54) is 24.8 Å². The number of carbonyl (C=O) groups excluding carboxylic acids is 1. The molecule has 0 unspecified atom stereocenters. The number of hydrogen-bond donors (Lipinski definition) is 3. The highest BCUT2D eigenvalue weighted by atomic mass is 16.2. The molecule has 1 saturated heterocycles. The summed E-state index contributed by atoms with van der Waals surface area (Å²) in [6.45, 7) is 8.42. The highest BCUT2D eigenvalue weighted by Crippen LogP contribution is 2.27. The Bertz CT molecular complexity index is 1360. The van der Waals surface area contributed by atoms with Crippen molar-refractivity contribution in [1.82, 2.24) is 25.1 Å². The Labute approximate surface area is 217 Å². The summed E-state index contributed by atoms with van der Waals surface area (Å²) >= 11 is 0. The zero-order valence-corrected chi connectivity index (χ0v) is 21.6. The van der Waals surface area contributed by atoms with Crippen molar-refractivity contribution in [3.63, 3.8) is 0 Å². The van der Waals surface area contributed by atoms with E-state index >= 15 is 0 Å². The molecule has 0 spiro atoms. The summed E-state index contributed by atoms with van der Waals surface area (Å²) in [5, 5.41) is 14.5. The van der Waals surface area contributed by atoms with Crippen LogP contribution in [0.15, 0.2) is 55.1 Å². The third kappa shape index (κ3) is 6.14. The summed E-state index contributed by atoms with van der Waals surface area (Å²) < 4.78 is 0. The number of anilines is 2. The van der Waals surface area contributed by atoms with Crippen LogP contribution in [0.5, 0.6) is 0 Å². The monoisotopic (exact) mass is 497 g/mol. The van der Waals surface area contributed by atoms with Crippen molar-refractivity contribution >= 4 is 28.2 Å². The lowest BCUT2D eigenvalue weighted by atomic mass is 10.0. The second-order valence-corrected chi connectivity index (χ2v) is 10.2. The number of nitrogens with one attached hydrogen (secondary N) is 3. The molecule has 8 nitrogen and oxygen atoms in total.